The first-order chi connectivity index (χ1) is 10.2. The van der Waals surface area contributed by atoms with E-state index in [0.717, 1.165) is 0 Å². The molecule has 0 radical (unpaired) electrons. The second-order valence-electron chi connectivity index (χ2n) is 4.81. The van der Waals surface area contributed by atoms with E-state index in [-0.39, 0.29) is 9.69 Å². The average Bonchev–Trinajstić information content (AvgIpc) is 2.56. The number of benzene rings is 3. The first-order valence-electron chi connectivity index (χ1n) is 6.70. The predicted octanol–water partition coefficient (Wildman–Crippen LogP) is 5.85. The molecule has 0 aromatic heterocycles. The molecule has 0 heterocycles. The highest BCUT2D eigenvalue weighted by Gasteiger charge is 2.02. The van der Waals surface area contributed by atoms with Crippen molar-refractivity contribution in [1.82, 2.24) is 0 Å². The van der Waals surface area contributed by atoms with E-state index in [2.05, 4.69) is 89.3 Å². The van der Waals surface area contributed by atoms with Crippen molar-refractivity contribution in [2.75, 3.05) is 0 Å². The van der Waals surface area contributed by atoms with Gasteiger partial charge in [-0.1, -0.05) is 77.1 Å². The molecule has 0 aliphatic carbocycles. The highest BCUT2D eigenvalue weighted by Crippen LogP contribution is 2.27. The van der Waals surface area contributed by atoms with Crippen LogP contribution in [-0.2, 0) is 9.69 Å². The molecular formula is C18H16P2S. The molecule has 3 aromatic carbocycles. The maximum absolute atomic E-state index is 3.65. The zero-order valence-corrected chi connectivity index (χ0v) is 14.5. The summed E-state index contributed by atoms with van der Waals surface area (Å²) in [5, 5.41) is 0. The number of rotatable bonds is 3. The summed E-state index contributed by atoms with van der Waals surface area (Å²) < 4.78 is 0. The van der Waals surface area contributed by atoms with Crippen LogP contribution in [0, 0.1) is 0 Å². The predicted molar refractivity (Wildman–Crippen MR) is 101 cm³/mol. The Bertz CT molecular complexity index is 765. The van der Waals surface area contributed by atoms with E-state index in [0.29, 0.717) is 0 Å². The van der Waals surface area contributed by atoms with Gasteiger partial charge < -0.3 is 0 Å². The molecule has 0 spiro atoms. The van der Waals surface area contributed by atoms with Gasteiger partial charge in [0.25, 0.3) is 0 Å². The molecule has 2 atom stereocenters. The summed E-state index contributed by atoms with van der Waals surface area (Å²) in [6.45, 7) is 0. The fraction of sp³-hybridized carbons (Fsp3) is 0. The van der Waals surface area contributed by atoms with Gasteiger partial charge in [0, 0.05) is 4.90 Å². The van der Waals surface area contributed by atoms with Gasteiger partial charge >= 0.3 is 0 Å². The zero-order chi connectivity index (χ0) is 14.7. The Hall–Kier alpha value is -1.26. The Balaban J connectivity index is 1.98. The molecule has 104 valence electrons. The monoisotopic (exact) mass is 326 g/mol. The lowest BCUT2D eigenvalue weighted by Gasteiger charge is -2.07. The van der Waals surface area contributed by atoms with Crippen molar-refractivity contribution in [3.05, 3.63) is 78.9 Å². The topological polar surface area (TPSA) is 0 Å². The Morgan fingerprint density at radius 2 is 1.14 bits per heavy atom. The van der Waals surface area contributed by atoms with Gasteiger partial charge in [-0.3, -0.25) is 0 Å². The molecule has 0 N–H and O–H groups in total. The molecule has 0 aliphatic rings. The summed E-state index contributed by atoms with van der Waals surface area (Å²) in [6.07, 6.45) is 0. The van der Waals surface area contributed by atoms with Crippen molar-refractivity contribution in [2.24, 2.45) is 0 Å². The van der Waals surface area contributed by atoms with Gasteiger partial charge in [-0.25, -0.2) is 0 Å². The van der Waals surface area contributed by atoms with Gasteiger partial charge in [-0.2, -0.15) is 0 Å². The maximum Gasteiger partial charge on any atom is 0.00894 e. The molecule has 0 saturated carbocycles. The number of hydrogen-bond donors (Lipinski definition) is 0. The molecular weight excluding hydrogens is 310 g/mol. The Labute approximate surface area is 132 Å². The van der Waals surface area contributed by atoms with Crippen LogP contribution in [0.5, 0.6) is 0 Å². The van der Waals surface area contributed by atoms with Gasteiger partial charge in [0.2, 0.25) is 0 Å². The molecule has 0 bridgehead atoms. The second-order valence-corrected chi connectivity index (χ2v) is 10.1. The fourth-order valence-corrected chi connectivity index (χ4v) is 3.61. The van der Waals surface area contributed by atoms with Crippen molar-refractivity contribution >= 4 is 26.1 Å². The second kappa shape index (κ2) is 6.67. The summed E-state index contributed by atoms with van der Waals surface area (Å²) in [5.41, 5.74) is 5.00. The van der Waals surface area contributed by atoms with Gasteiger partial charge in [-0.05, 0) is 40.5 Å². The van der Waals surface area contributed by atoms with E-state index in [9.17, 15) is 0 Å². The smallest absolute Gasteiger partial charge is 0.00894 e. The molecule has 3 heteroatoms. The van der Waals surface area contributed by atoms with Crippen molar-refractivity contribution in [1.29, 1.82) is 0 Å². The van der Waals surface area contributed by atoms with Crippen LogP contribution in [0.2, 0.25) is 0 Å². The van der Waals surface area contributed by atoms with Crippen molar-refractivity contribution in [3.8, 4) is 22.3 Å². The van der Waals surface area contributed by atoms with Crippen LogP contribution in [-0.4, -0.2) is 0 Å². The van der Waals surface area contributed by atoms with Crippen LogP contribution in [0.15, 0.2) is 83.8 Å². The number of hydrogen-bond acceptors (Lipinski definition) is 0. The summed E-state index contributed by atoms with van der Waals surface area (Å²) in [7, 11) is 6.47. The average molecular weight is 326 g/mol. The van der Waals surface area contributed by atoms with E-state index < -0.39 is 0 Å². The third kappa shape index (κ3) is 3.50. The molecule has 0 aliphatic heterocycles. The Kier molecular flexibility index (Phi) is 4.66. The van der Waals surface area contributed by atoms with Crippen LogP contribution >= 0.6 is 16.5 Å². The standard InChI is InChI=1S/C18H16P2S/c19-21(20)18-11-9-15(10-12-18)17-8-4-7-16(13-17)14-5-2-1-3-6-14/h1-13,19H,20H2. The summed E-state index contributed by atoms with van der Waals surface area (Å²) in [5.74, 6) is 0. The minimum Gasteiger partial charge on any atom is -0.117 e. The molecule has 0 amide bonds. The normalized spacial score (nSPS) is 12.0. The van der Waals surface area contributed by atoms with Gasteiger partial charge in [0.15, 0.2) is 0 Å². The lowest BCUT2D eigenvalue weighted by molar-refractivity contribution is 1.46. The molecule has 0 fully saturated rings. The van der Waals surface area contributed by atoms with Crippen LogP contribution in [0.25, 0.3) is 22.3 Å². The molecule has 2 unspecified atom stereocenters. The highest BCUT2D eigenvalue weighted by atomic mass is 32.9. The van der Waals surface area contributed by atoms with E-state index in [1.165, 1.54) is 27.1 Å². The van der Waals surface area contributed by atoms with E-state index in [1.54, 1.807) is 0 Å². The van der Waals surface area contributed by atoms with Gasteiger partial charge in [0.1, 0.15) is 0 Å². The highest BCUT2D eigenvalue weighted by molar-refractivity contribution is 8.50. The van der Waals surface area contributed by atoms with E-state index in [4.69, 9.17) is 0 Å². The minimum absolute atomic E-state index is 0.0445. The van der Waals surface area contributed by atoms with Gasteiger partial charge in [-0.15, -0.1) is 9.69 Å². The lowest BCUT2D eigenvalue weighted by atomic mass is 9.99. The molecule has 0 nitrogen and oxygen atoms in total. The third-order valence-electron chi connectivity index (χ3n) is 3.41. The quantitative estimate of drug-likeness (QED) is 0.530. The first-order valence-corrected chi connectivity index (χ1v) is 10.6. The van der Waals surface area contributed by atoms with Crippen molar-refractivity contribution in [3.63, 3.8) is 0 Å². The van der Waals surface area contributed by atoms with Crippen LogP contribution in [0.3, 0.4) is 0 Å². The van der Waals surface area contributed by atoms with Crippen LogP contribution in [0.4, 0.5) is 0 Å². The SMILES string of the molecule is P=S(P)c1ccc(-c2cccc(-c3ccccc3)c2)cc1. The molecule has 21 heavy (non-hydrogen) atoms. The minimum atomic E-state index is 0.0445. The van der Waals surface area contributed by atoms with E-state index >= 15 is 0 Å². The fourth-order valence-electron chi connectivity index (χ4n) is 2.30. The third-order valence-corrected chi connectivity index (χ3v) is 5.71. The Morgan fingerprint density at radius 3 is 1.71 bits per heavy atom. The van der Waals surface area contributed by atoms with Crippen LogP contribution < -0.4 is 0 Å². The molecule has 3 rings (SSSR count). The summed E-state index contributed by atoms with van der Waals surface area (Å²) in [4.78, 5) is 1.29. The molecule has 3 aromatic rings. The van der Waals surface area contributed by atoms with Gasteiger partial charge in [0.05, 0.1) is 0 Å². The largest absolute Gasteiger partial charge is 0.117 e. The maximum atomic E-state index is 3.65. The first kappa shape index (κ1) is 14.7. The van der Waals surface area contributed by atoms with Crippen molar-refractivity contribution in [2.45, 2.75) is 4.90 Å². The Morgan fingerprint density at radius 1 is 0.619 bits per heavy atom. The van der Waals surface area contributed by atoms with Crippen molar-refractivity contribution < 1.29 is 0 Å². The zero-order valence-electron chi connectivity index (χ0n) is 11.5. The van der Waals surface area contributed by atoms with Crippen LogP contribution in [0.1, 0.15) is 0 Å². The lowest BCUT2D eigenvalue weighted by Crippen LogP contribution is -1.82. The summed E-state index contributed by atoms with van der Waals surface area (Å²) in [6, 6.07) is 27.9. The van der Waals surface area contributed by atoms with E-state index in [1.807, 2.05) is 6.07 Å². The molecule has 0 saturated heterocycles. The summed E-state index contributed by atoms with van der Waals surface area (Å²) >= 11 is 0.